The fourth-order valence-corrected chi connectivity index (χ4v) is 6.96. The molecule has 11 heteroatoms. The third-order valence-corrected chi connectivity index (χ3v) is 9.26. The number of anilines is 1. The summed E-state index contributed by atoms with van der Waals surface area (Å²) in [5.41, 5.74) is 5.83. The van der Waals surface area contributed by atoms with Crippen molar-refractivity contribution in [1.82, 2.24) is 14.7 Å². The van der Waals surface area contributed by atoms with Gasteiger partial charge in [0.05, 0.1) is 24.9 Å². The van der Waals surface area contributed by atoms with Gasteiger partial charge in [-0.3, -0.25) is 4.90 Å². The summed E-state index contributed by atoms with van der Waals surface area (Å²) in [5, 5.41) is 13.4. The Labute approximate surface area is 205 Å². The van der Waals surface area contributed by atoms with Crippen molar-refractivity contribution in [3.63, 3.8) is 0 Å². The van der Waals surface area contributed by atoms with Gasteiger partial charge in [-0.2, -0.15) is 5.10 Å². The fourth-order valence-electron chi connectivity index (χ4n) is 5.95. The summed E-state index contributed by atoms with van der Waals surface area (Å²) < 4.78 is 30.3. The maximum atomic E-state index is 13.4. The number of nitrogens with one attached hydrogen (secondary N) is 1. The fraction of sp³-hybridized carbons (Fsp3) is 0.583. The van der Waals surface area contributed by atoms with Gasteiger partial charge in [0.2, 0.25) is 5.88 Å². The van der Waals surface area contributed by atoms with Gasteiger partial charge in [-0.05, 0) is 60.3 Å². The van der Waals surface area contributed by atoms with Gasteiger partial charge in [-0.1, -0.05) is 13.0 Å². The van der Waals surface area contributed by atoms with Crippen LogP contribution >= 0.6 is 0 Å². The normalized spacial score (nSPS) is 25.1. The minimum atomic E-state index is -3.54. The van der Waals surface area contributed by atoms with Crippen LogP contribution in [0.5, 0.6) is 5.88 Å². The van der Waals surface area contributed by atoms with E-state index >= 15 is 0 Å². The molecule has 188 valence electrons. The highest BCUT2D eigenvalue weighted by atomic mass is 32.2. The smallest absolute Gasteiger partial charge is 0.354 e. The van der Waals surface area contributed by atoms with Crippen LogP contribution < -0.4 is 15.2 Å². The summed E-state index contributed by atoms with van der Waals surface area (Å²) >= 11 is 0. The average molecular weight is 501 g/mol. The Morgan fingerprint density at radius 3 is 2.91 bits per heavy atom. The Kier molecular flexibility index (Phi) is 5.63. The maximum absolute atomic E-state index is 13.4. The first kappa shape index (κ1) is 23.0. The van der Waals surface area contributed by atoms with E-state index in [0.29, 0.717) is 24.9 Å². The molecule has 0 radical (unpaired) electrons. The minimum Gasteiger partial charge on any atom is -0.475 e. The maximum Gasteiger partial charge on any atom is 0.354 e. The molecule has 1 saturated heterocycles. The lowest BCUT2D eigenvalue weighted by Crippen LogP contribution is -2.59. The zero-order chi connectivity index (χ0) is 24.3. The molecular weight excluding hydrogens is 468 g/mol. The summed E-state index contributed by atoms with van der Waals surface area (Å²) in [6.07, 6.45) is 6.76. The van der Waals surface area contributed by atoms with Crippen molar-refractivity contribution in [3.8, 4) is 5.88 Å². The number of fused-ring (bicyclic) bond motifs is 3. The highest BCUT2D eigenvalue weighted by molar-refractivity contribution is 7.91. The van der Waals surface area contributed by atoms with E-state index in [1.54, 1.807) is 11.8 Å². The molecule has 3 atom stereocenters. The third kappa shape index (κ3) is 3.94. The minimum absolute atomic E-state index is 0.153. The monoisotopic (exact) mass is 500 g/mol. The standard InChI is InChI=1S/C24H32N6O4S/c1-14-6-7-16-8-15-4-3-5-19(15)22(21(14)16)27-24(31)28-35(25,32)20-9-26-30-10-17(13-34-23(20)30)29-11-18(12-29)33-2/h8-9,14,17-18H,3-7,10-13H2,1-2H3,(H3,25,27,28,31,32)/t14-,17+,35?/m1/s1. The molecule has 35 heavy (non-hydrogen) atoms. The number of rotatable bonds is 4. The van der Waals surface area contributed by atoms with Crippen LogP contribution in [0.2, 0.25) is 0 Å². The number of nitrogens with zero attached hydrogens (tertiary/aromatic N) is 4. The van der Waals surface area contributed by atoms with Crippen molar-refractivity contribution < 1.29 is 18.5 Å². The molecule has 2 amide bonds. The predicted octanol–water partition coefficient (Wildman–Crippen LogP) is 2.45. The molecule has 6 rings (SSSR count). The molecule has 1 aromatic heterocycles. The van der Waals surface area contributed by atoms with Gasteiger partial charge in [0.25, 0.3) is 0 Å². The van der Waals surface area contributed by atoms with Gasteiger partial charge in [-0.25, -0.2) is 18.8 Å². The molecule has 4 aliphatic rings. The zero-order valence-corrected chi connectivity index (χ0v) is 21.0. The van der Waals surface area contributed by atoms with Gasteiger partial charge >= 0.3 is 6.03 Å². The average Bonchev–Trinajstić information content (AvgIpc) is 3.51. The highest BCUT2D eigenvalue weighted by Gasteiger charge is 2.37. The number of ether oxygens (including phenoxy) is 2. The second-order valence-corrected chi connectivity index (χ2v) is 11.9. The molecule has 10 nitrogen and oxygen atoms in total. The van der Waals surface area contributed by atoms with Gasteiger partial charge in [-0.15, -0.1) is 4.36 Å². The molecule has 0 spiro atoms. The van der Waals surface area contributed by atoms with E-state index in [1.165, 1.54) is 28.5 Å². The van der Waals surface area contributed by atoms with Gasteiger partial charge < -0.3 is 14.8 Å². The SMILES string of the molecule is COC1CN([C@@H]2COc3c(S(N)(=O)=NC(=O)Nc4c5c(cc6c4[C@H](C)CC6)CCC5)cnn3C2)C1. The van der Waals surface area contributed by atoms with E-state index in [0.717, 1.165) is 50.9 Å². The summed E-state index contributed by atoms with van der Waals surface area (Å²) in [7, 11) is -1.82. The lowest BCUT2D eigenvalue weighted by Gasteiger charge is -2.44. The van der Waals surface area contributed by atoms with Crippen LogP contribution in [0, 0.1) is 0 Å². The Morgan fingerprint density at radius 2 is 2.11 bits per heavy atom. The van der Waals surface area contributed by atoms with E-state index < -0.39 is 15.9 Å². The largest absolute Gasteiger partial charge is 0.475 e. The Morgan fingerprint density at radius 1 is 1.29 bits per heavy atom. The third-order valence-electron chi connectivity index (χ3n) is 7.91. The van der Waals surface area contributed by atoms with Crippen molar-refractivity contribution in [2.45, 2.75) is 68.5 Å². The number of hydrogen-bond acceptors (Lipinski definition) is 6. The molecule has 0 bridgehead atoms. The number of carbonyl (C=O) groups is 1. The number of benzene rings is 1. The van der Waals surface area contributed by atoms with Crippen LogP contribution in [-0.2, 0) is 40.5 Å². The number of nitrogens with two attached hydrogens (primary N) is 1. The summed E-state index contributed by atoms with van der Waals surface area (Å²) in [6, 6.07) is 1.76. The molecule has 3 heterocycles. The van der Waals surface area contributed by atoms with Crippen molar-refractivity contribution >= 4 is 21.6 Å². The first-order valence-corrected chi connectivity index (χ1v) is 13.9. The number of likely N-dealkylation sites (tertiary alicyclic amines) is 1. The van der Waals surface area contributed by atoms with Gasteiger partial charge in [0, 0.05) is 25.9 Å². The van der Waals surface area contributed by atoms with Crippen LogP contribution in [0.4, 0.5) is 10.5 Å². The number of hydrogen-bond donors (Lipinski definition) is 2. The Bertz CT molecular complexity index is 1310. The number of methoxy groups -OCH3 is 1. The van der Waals surface area contributed by atoms with Crippen molar-refractivity contribution in [1.29, 1.82) is 0 Å². The Balaban J connectivity index is 1.24. The number of aryl methyl sites for hydroxylation is 2. The van der Waals surface area contributed by atoms with Gasteiger partial charge in [0.15, 0.2) is 9.92 Å². The summed E-state index contributed by atoms with van der Waals surface area (Å²) in [4.78, 5) is 15.4. The topological polar surface area (TPSA) is 124 Å². The van der Waals surface area contributed by atoms with Crippen LogP contribution in [0.15, 0.2) is 21.5 Å². The molecule has 0 saturated carbocycles. The molecular formula is C24H32N6O4S. The molecule has 2 aliphatic carbocycles. The van der Waals surface area contributed by atoms with Crippen LogP contribution in [0.1, 0.15) is 47.9 Å². The van der Waals surface area contributed by atoms with Crippen molar-refractivity contribution in [2.75, 3.05) is 32.1 Å². The molecule has 3 N–H and O–H groups in total. The summed E-state index contributed by atoms with van der Waals surface area (Å²) in [5.74, 6) is 0.687. The Hall–Kier alpha value is -2.47. The molecule has 1 unspecified atom stereocenters. The van der Waals surface area contributed by atoms with E-state index in [-0.39, 0.29) is 17.0 Å². The van der Waals surface area contributed by atoms with Crippen LogP contribution in [-0.4, -0.2) is 63.9 Å². The quantitative estimate of drug-likeness (QED) is 0.665. The first-order chi connectivity index (χ1) is 16.8. The first-order valence-electron chi connectivity index (χ1n) is 12.3. The molecule has 2 aliphatic heterocycles. The zero-order valence-electron chi connectivity index (χ0n) is 20.2. The van der Waals surface area contributed by atoms with Crippen molar-refractivity contribution in [2.24, 2.45) is 9.50 Å². The number of aromatic nitrogens is 2. The van der Waals surface area contributed by atoms with E-state index in [4.69, 9.17) is 14.6 Å². The van der Waals surface area contributed by atoms with E-state index in [1.807, 2.05) is 0 Å². The van der Waals surface area contributed by atoms with Crippen molar-refractivity contribution in [3.05, 3.63) is 34.5 Å². The molecule has 2 aromatic rings. The van der Waals surface area contributed by atoms with Crippen LogP contribution in [0.25, 0.3) is 0 Å². The second-order valence-electron chi connectivity index (χ2n) is 10.1. The summed E-state index contributed by atoms with van der Waals surface area (Å²) in [6.45, 7) is 4.90. The van der Waals surface area contributed by atoms with Gasteiger partial charge in [0.1, 0.15) is 11.5 Å². The lowest BCUT2D eigenvalue weighted by molar-refractivity contribution is -0.0687. The highest BCUT2D eigenvalue weighted by Crippen LogP contribution is 2.44. The second kappa shape index (κ2) is 8.58. The molecule has 1 fully saturated rings. The van der Waals surface area contributed by atoms with Crippen LogP contribution in [0.3, 0.4) is 0 Å². The molecule has 1 aromatic carbocycles. The number of carbonyl (C=O) groups excluding carboxylic acids is 1. The lowest BCUT2D eigenvalue weighted by atomic mass is 9.95. The number of urea groups is 1. The van der Waals surface area contributed by atoms with E-state index in [2.05, 4.69) is 32.7 Å². The van der Waals surface area contributed by atoms with E-state index in [9.17, 15) is 9.00 Å². The predicted molar refractivity (Wildman–Crippen MR) is 131 cm³/mol. The number of amides is 2.